The van der Waals surface area contributed by atoms with Crippen LogP contribution in [0.5, 0.6) is 0 Å². The van der Waals surface area contributed by atoms with Gasteiger partial charge in [-0.15, -0.1) is 0 Å². The number of hydrogen-bond acceptors (Lipinski definition) is 2. The van der Waals surface area contributed by atoms with Gasteiger partial charge in [0.2, 0.25) is 0 Å². The quantitative estimate of drug-likeness (QED) is 0.649. The number of aliphatic hydroxyl groups excluding tert-OH is 1. The fourth-order valence-electron chi connectivity index (χ4n) is 2.94. The lowest BCUT2D eigenvalue weighted by molar-refractivity contribution is -0.0532. The number of aliphatic hydroxyl groups is 1. The molecular weight excluding hydrogens is 152 g/mol. The van der Waals surface area contributed by atoms with Crippen LogP contribution >= 0.6 is 0 Å². The van der Waals surface area contributed by atoms with Crippen molar-refractivity contribution in [1.82, 2.24) is 0 Å². The standard InChI is InChI=1S/C10H18O2/c1-7(11)8-6-9(2)4-5-10(8,3)12-9/h7-8,11H,4-6H2,1-3H3/t7?,8-,9-,10+/m0/s1. The van der Waals surface area contributed by atoms with Gasteiger partial charge in [-0.3, -0.25) is 0 Å². The van der Waals surface area contributed by atoms with E-state index < -0.39 is 0 Å². The Balaban J connectivity index is 2.22. The number of rotatable bonds is 1. The van der Waals surface area contributed by atoms with Gasteiger partial charge in [0.15, 0.2) is 0 Å². The molecule has 2 heterocycles. The molecule has 2 rings (SSSR count). The zero-order chi connectivity index (χ0) is 8.98. The molecule has 2 aliphatic rings. The maximum atomic E-state index is 9.57. The Kier molecular flexibility index (Phi) is 1.59. The molecule has 2 nitrogen and oxygen atoms in total. The first-order valence-corrected chi connectivity index (χ1v) is 4.83. The largest absolute Gasteiger partial charge is 0.393 e. The highest BCUT2D eigenvalue weighted by atomic mass is 16.5. The Bertz CT molecular complexity index is 202. The minimum atomic E-state index is -0.225. The molecule has 12 heavy (non-hydrogen) atoms. The first kappa shape index (κ1) is 8.52. The predicted molar refractivity (Wildman–Crippen MR) is 46.9 cm³/mol. The second kappa shape index (κ2) is 2.24. The Morgan fingerprint density at radius 3 is 2.33 bits per heavy atom. The normalized spacial score (nSPS) is 54.5. The Hall–Kier alpha value is -0.0800. The SMILES string of the molecule is CC(O)[C@@H]1C[C@]2(C)CC[C@@]1(C)O2. The lowest BCUT2D eigenvalue weighted by Gasteiger charge is -2.31. The molecule has 2 heteroatoms. The monoisotopic (exact) mass is 170 g/mol. The number of hydrogen-bond donors (Lipinski definition) is 1. The highest BCUT2D eigenvalue weighted by Gasteiger charge is 2.57. The van der Waals surface area contributed by atoms with Crippen molar-refractivity contribution in [3.8, 4) is 0 Å². The molecule has 2 aliphatic heterocycles. The van der Waals surface area contributed by atoms with E-state index in [1.54, 1.807) is 0 Å². The third-order valence-electron chi connectivity index (χ3n) is 3.65. The first-order chi connectivity index (χ1) is 5.45. The maximum absolute atomic E-state index is 9.57. The van der Waals surface area contributed by atoms with Gasteiger partial charge >= 0.3 is 0 Å². The fraction of sp³-hybridized carbons (Fsp3) is 1.00. The average molecular weight is 170 g/mol. The summed E-state index contributed by atoms with van der Waals surface area (Å²) >= 11 is 0. The van der Waals surface area contributed by atoms with Gasteiger partial charge in [-0.25, -0.2) is 0 Å². The van der Waals surface area contributed by atoms with Gasteiger partial charge in [0.25, 0.3) is 0 Å². The molecule has 2 bridgehead atoms. The van der Waals surface area contributed by atoms with Crippen LogP contribution in [0.3, 0.4) is 0 Å². The minimum absolute atomic E-state index is 0.0388. The van der Waals surface area contributed by atoms with E-state index in [-0.39, 0.29) is 17.3 Å². The van der Waals surface area contributed by atoms with Gasteiger partial charge < -0.3 is 9.84 Å². The van der Waals surface area contributed by atoms with Crippen molar-refractivity contribution in [2.75, 3.05) is 0 Å². The highest BCUT2D eigenvalue weighted by molar-refractivity contribution is 5.06. The van der Waals surface area contributed by atoms with E-state index in [1.807, 2.05) is 6.92 Å². The van der Waals surface area contributed by atoms with Crippen molar-refractivity contribution in [3.05, 3.63) is 0 Å². The number of ether oxygens (including phenoxy) is 1. The minimum Gasteiger partial charge on any atom is -0.393 e. The van der Waals surface area contributed by atoms with Crippen molar-refractivity contribution in [1.29, 1.82) is 0 Å². The highest BCUT2D eigenvalue weighted by Crippen LogP contribution is 2.54. The van der Waals surface area contributed by atoms with E-state index in [4.69, 9.17) is 4.74 Å². The van der Waals surface area contributed by atoms with E-state index in [2.05, 4.69) is 13.8 Å². The zero-order valence-electron chi connectivity index (χ0n) is 8.13. The third-order valence-corrected chi connectivity index (χ3v) is 3.65. The van der Waals surface area contributed by atoms with Gasteiger partial charge in [0.05, 0.1) is 17.3 Å². The molecule has 1 unspecified atom stereocenters. The lowest BCUT2D eigenvalue weighted by Crippen LogP contribution is -2.37. The third kappa shape index (κ3) is 1.01. The van der Waals surface area contributed by atoms with Gasteiger partial charge in [0, 0.05) is 5.92 Å². The smallest absolute Gasteiger partial charge is 0.0716 e. The topological polar surface area (TPSA) is 29.5 Å². The van der Waals surface area contributed by atoms with Crippen molar-refractivity contribution in [2.45, 2.75) is 57.3 Å². The second-order valence-corrected chi connectivity index (χ2v) is 4.92. The van der Waals surface area contributed by atoms with Gasteiger partial charge in [-0.2, -0.15) is 0 Å². The van der Waals surface area contributed by atoms with Crippen molar-refractivity contribution < 1.29 is 9.84 Å². The summed E-state index contributed by atoms with van der Waals surface area (Å²) in [5.41, 5.74) is 0.0271. The van der Waals surface area contributed by atoms with Gasteiger partial charge in [-0.1, -0.05) is 0 Å². The summed E-state index contributed by atoms with van der Waals surface area (Å²) in [7, 11) is 0. The molecule has 0 amide bonds. The predicted octanol–water partition coefficient (Wildman–Crippen LogP) is 1.71. The molecule has 0 aliphatic carbocycles. The van der Waals surface area contributed by atoms with Gasteiger partial charge in [0.1, 0.15) is 0 Å². The lowest BCUT2D eigenvalue weighted by atomic mass is 9.73. The first-order valence-electron chi connectivity index (χ1n) is 4.83. The Morgan fingerprint density at radius 2 is 2.08 bits per heavy atom. The molecule has 70 valence electrons. The molecule has 4 atom stereocenters. The van der Waals surface area contributed by atoms with Gasteiger partial charge in [-0.05, 0) is 40.0 Å². The van der Waals surface area contributed by atoms with Crippen LogP contribution in [0.2, 0.25) is 0 Å². The zero-order valence-corrected chi connectivity index (χ0v) is 8.13. The molecule has 2 saturated heterocycles. The maximum Gasteiger partial charge on any atom is 0.0716 e. The van der Waals surface area contributed by atoms with E-state index in [0.717, 1.165) is 19.3 Å². The molecule has 2 fully saturated rings. The molecule has 0 aromatic heterocycles. The van der Waals surface area contributed by atoms with E-state index in [0.29, 0.717) is 5.92 Å². The Labute approximate surface area is 73.9 Å². The summed E-state index contributed by atoms with van der Waals surface area (Å²) in [4.78, 5) is 0. The van der Waals surface area contributed by atoms with Crippen LogP contribution in [0.25, 0.3) is 0 Å². The summed E-state index contributed by atoms with van der Waals surface area (Å²) in [6.45, 7) is 6.19. The summed E-state index contributed by atoms with van der Waals surface area (Å²) in [5.74, 6) is 0.344. The Morgan fingerprint density at radius 1 is 1.42 bits per heavy atom. The molecule has 0 aromatic rings. The van der Waals surface area contributed by atoms with Crippen molar-refractivity contribution in [3.63, 3.8) is 0 Å². The van der Waals surface area contributed by atoms with E-state index >= 15 is 0 Å². The molecular formula is C10H18O2. The van der Waals surface area contributed by atoms with Crippen molar-refractivity contribution >= 4 is 0 Å². The van der Waals surface area contributed by atoms with Crippen LogP contribution in [0.4, 0.5) is 0 Å². The van der Waals surface area contributed by atoms with Crippen LogP contribution in [0, 0.1) is 5.92 Å². The van der Waals surface area contributed by atoms with Crippen LogP contribution < -0.4 is 0 Å². The van der Waals surface area contributed by atoms with Crippen molar-refractivity contribution in [2.24, 2.45) is 5.92 Å². The fourth-order valence-corrected chi connectivity index (χ4v) is 2.94. The van der Waals surface area contributed by atoms with E-state index in [9.17, 15) is 5.11 Å². The molecule has 1 N–H and O–H groups in total. The molecule has 0 radical (unpaired) electrons. The summed E-state index contributed by atoms with van der Waals surface area (Å²) in [6.07, 6.45) is 3.07. The summed E-state index contributed by atoms with van der Waals surface area (Å²) in [6, 6.07) is 0. The molecule has 0 spiro atoms. The van der Waals surface area contributed by atoms with Crippen LogP contribution in [-0.4, -0.2) is 22.4 Å². The molecule has 0 aromatic carbocycles. The molecule has 0 saturated carbocycles. The average Bonchev–Trinajstić information content (AvgIpc) is 2.36. The second-order valence-electron chi connectivity index (χ2n) is 4.92. The summed E-state index contributed by atoms with van der Waals surface area (Å²) in [5, 5.41) is 9.57. The summed E-state index contributed by atoms with van der Waals surface area (Å²) < 4.78 is 5.96. The van der Waals surface area contributed by atoms with Crippen LogP contribution in [-0.2, 0) is 4.74 Å². The van der Waals surface area contributed by atoms with E-state index in [1.165, 1.54) is 0 Å². The number of fused-ring (bicyclic) bond motifs is 2. The van der Waals surface area contributed by atoms with Crippen LogP contribution in [0.15, 0.2) is 0 Å². The van der Waals surface area contributed by atoms with Crippen LogP contribution in [0.1, 0.15) is 40.0 Å².